The van der Waals surface area contributed by atoms with E-state index in [0.29, 0.717) is 38.8 Å². The number of fused-ring (bicyclic) bond motifs is 1. The maximum absolute atomic E-state index is 12.5. The Labute approximate surface area is 213 Å². The van der Waals surface area contributed by atoms with Gasteiger partial charge < -0.3 is 10.4 Å². The van der Waals surface area contributed by atoms with Crippen molar-refractivity contribution in [3.8, 4) is 17.3 Å². The van der Waals surface area contributed by atoms with Crippen molar-refractivity contribution >= 4 is 40.2 Å². The Hall–Kier alpha value is -4.22. The van der Waals surface area contributed by atoms with Crippen LogP contribution in [0.1, 0.15) is 35.5 Å². The number of aromatic carboxylic acids is 1. The molecule has 2 N–H and O–H groups in total. The van der Waals surface area contributed by atoms with Gasteiger partial charge in [-0.2, -0.15) is 5.26 Å². The van der Waals surface area contributed by atoms with Crippen molar-refractivity contribution in [2.24, 2.45) is 5.92 Å². The topological polar surface area (TPSA) is 116 Å². The average molecular weight is 497 g/mol. The quantitative estimate of drug-likeness (QED) is 0.296. The SMILES string of the molecule is CC(C)Cc1ccc(C#N)c(SCC(=O)Nc2ccc(-c3cc(C(=O)O)c4ccccc4n3)cc2)n1. The smallest absolute Gasteiger partial charge is 0.336 e. The van der Waals surface area contributed by atoms with Crippen molar-refractivity contribution in [3.05, 3.63) is 83.6 Å². The minimum atomic E-state index is -1.01. The molecule has 0 saturated carbocycles. The predicted octanol–water partition coefficient (Wildman–Crippen LogP) is 5.80. The number of benzene rings is 2. The Morgan fingerprint density at radius 2 is 1.81 bits per heavy atom. The zero-order valence-corrected chi connectivity index (χ0v) is 20.7. The lowest BCUT2D eigenvalue weighted by molar-refractivity contribution is -0.113. The number of nitrogens with zero attached hydrogens (tertiary/aromatic N) is 3. The molecule has 2 aromatic heterocycles. The van der Waals surface area contributed by atoms with Crippen LogP contribution in [0.3, 0.4) is 0 Å². The molecule has 7 nitrogen and oxygen atoms in total. The molecule has 0 saturated heterocycles. The van der Waals surface area contributed by atoms with Gasteiger partial charge in [0, 0.05) is 22.3 Å². The lowest BCUT2D eigenvalue weighted by atomic mass is 10.0. The molecule has 0 spiro atoms. The van der Waals surface area contributed by atoms with Crippen molar-refractivity contribution in [1.29, 1.82) is 5.26 Å². The lowest BCUT2D eigenvalue weighted by Gasteiger charge is -2.10. The van der Waals surface area contributed by atoms with Gasteiger partial charge in [-0.3, -0.25) is 4.79 Å². The second-order valence-corrected chi connectivity index (χ2v) is 9.62. The minimum Gasteiger partial charge on any atom is -0.478 e. The van der Waals surface area contributed by atoms with E-state index in [1.54, 1.807) is 54.6 Å². The molecule has 2 heterocycles. The first-order valence-electron chi connectivity index (χ1n) is 11.4. The number of nitriles is 1. The molecule has 36 heavy (non-hydrogen) atoms. The van der Waals surface area contributed by atoms with Gasteiger partial charge in [0.1, 0.15) is 11.1 Å². The van der Waals surface area contributed by atoms with Crippen molar-refractivity contribution in [2.45, 2.75) is 25.3 Å². The number of aromatic nitrogens is 2. The van der Waals surface area contributed by atoms with Crippen LogP contribution in [0.2, 0.25) is 0 Å². The third-order valence-electron chi connectivity index (χ3n) is 5.41. The number of anilines is 1. The monoisotopic (exact) mass is 496 g/mol. The highest BCUT2D eigenvalue weighted by Gasteiger charge is 2.14. The highest BCUT2D eigenvalue weighted by Crippen LogP contribution is 2.26. The summed E-state index contributed by atoms with van der Waals surface area (Å²) in [7, 11) is 0. The van der Waals surface area contributed by atoms with E-state index in [9.17, 15) is 20.0 Å². The molecule has 1 amide bonds. The van der Waals surface area contributed by atoms with Crippen LogP contribution in [0.25, 0.3) is 22.2 Å². The molecule has 0 unspecified atom stereocenters. The number of rotatable bonds is 8. The molecule has 0 aliphatic heterocycles. The molecule has 2 aromatic carbocycles. The fraction of sp³-hybridized carbons (Fsp3) is 0.179. The van der Waals surface area contributed by atoms with Gasteiger partial charge in [0.05, 0.1) is 28.1 Å². The number of carbonyl (C=O) groups is 2. The summed E-state index contributed by atoms with van der Waals surface area (Å²) in [6, 6.07) is 21.5. The maximum Gasteiger partial charge on any atom is 0.336 e. The van der Waals surface area contributed by atoms with Crippen LogP contribution >= 0.6 is 11.8 Å². The van der Waals surface area contributed by atoms with E-state index >= 15 is 0 Å². The summed E-state index contributed by atoms with van der Waals surface area (Å²) in [5.41, 5.74) is 4.02. The van der Waals surface area contributed by atoms with E-state index in [1.165, 1.54) is 11.8 Å². The molecule has 4 rings (SSSR count). The van der Waals surface area contributed by atoms with Gasteiger partial charge in [-0.15, -0.1) is 0 Å². The van der Waals surface area contributed by atoms with Crippen molar-refractivity contribution in [1.82, 2.24) is 9.97 Å². The minimum absolute atomic E-state index is 0.114. The zero-order valence-electron chi connectivity index (χ0n) is 19.9. The molecular formula is C28H24N4O3S. The Bertz CT molecular complexity index is 1480. The van der Waals surface area contributed by atoms with Gasteiger partial charge in [0.25, 0.3) is 0 Å². The first-order valence-corrected chi connectivity index (χ1v) is 12.4. The number of pyridine rings is 2. The Balaban J connectivity index is 1.45. The molecule has 0 radical (unpaired) electrons. The molecule has 0 fully saturated rings. The summed E-state index contributed by atoms with van der Waals surface area (Å²) in [5.74, 6) is -0.678. The first kappa shape index (κ1) is 24.9. The van der Waals surface area contributed by atoms with E-state index in [1.807, 2.05) is 12.1 Å². The predicted molar refractivity (Wildman–Crippen MR) is 141 cm³/mol. The fourth-order valence-electron chi connectivity index (χ4n) is 3.76. The molecule has 8 heteroatoms. The molecule has 0 aliphatic rings. The third-order valence-corrected chi connectivity index (χ3v) is 6.40. The van der Waals surface area contributed by atoms with Crippen molar-refractivity contribution in [2.75, 3.05) is 11.1 Å². The van der Waals surface area contributed by atoms with Crippen molar-refractivity contribution in [3.63, 3.8) is 0 Å². The van der Waals surface area contributed by atoms with Crippen LogP contribution in [0.15, 0.2) is 71.8 Å². The summed E-state index contributed by atoms with van der Waals surface area (Å²) < 4.78 is 0. The number of carboxylic acid groups (broad SMARTS) is 1. The van der Waals surface area contributed by atoms with Crippen LogP contribution < -0.4 is 5.32 Å². The molecule has 180 valence electrons. The van der Waals surface area contributed by atoms with Gasteiger partial charge in [-0.25, -0.2) is 14.8 Å². The Kier molecular flexibility index (Phi) is 7.62. The zero-order chi connectivity index (χ0) is 25.7. The molecule has 4 aromatic rings. The van der Waals surface area contributed by atoms with Gasteiger partial charge in [-0.1, -0.05) is 55.9 Å². The summed E-state index contributed by atoms with van der Waals surface area (Å²) in [5, 5.41) is 23.0. The number of thioether (sulfide) groups is 1. The standard InChI is InChI=1S/C28H24N4O3S/c1-17(2)13-21-12-9-19(15-29)27(31-21)36-16-26(33)30-20-10-7-18(8-11-20)25-14-23(28(34)35)22-5-3-4-6-24(22)32-25/h3-12,14,17H,13,16H2,1-2H3,(H,30,33)(H,34,35). The van der Waals surface area contributed by atoms with Gasteiger partial charge in [0.2, 0.25) is 5.91 Å². The second kappa shape index (κ2) is 11.0. The molecule has 0 aliphatic carbocycles. The van der Waals surface area contributed by atoms with Crippen LogP contribution in [0, 0.1) is 17.2 Å². The summed E-state index contributed by atoms with van der Waals surface area (Å²) >= 11 is 1.23. The summed E-state index contributed by atoms with van der Waals surface area (Å²) in [4.78, 5) is 33.4. The average Bonchev–Trinajstić information content (AvgIpc) is 2.87. The van der Waals surface area contributed by atoms with Gasteiger partial charge in [-0.05, 0) is 48.7 Å². The van der Waals surface area contributed by atoms with Crippen LogP contribution in [-0.4, -0.2) is 32.7 Å². The summed E-state index contributed by atoms with van der Waals surface area (Å²) in [6.45, 7) is 4.21. The summed E-state index contributed by atoms with van der Waals surface area (Å²) in [6.07, 6.45) is 0.803. The van der Waals surface area contributed by atoms with Crippen LogP contribution in [0.5, 0.6) is 0 Å². The Morgan fingerprint density at radius 3 is 2.50 bits per heavy atom. The molecule has 0 atom stereocenters. The third kappa shape index (κ3) is 5.88. The Morgan fingerprint density at radius 1 is 1.06 bits per heavy atom. The molecule has 0 bridgehead atoms. The van der Waals surface area contributed by atoms with Crippen LogP contribution in [-0.2, 0) is 11.2 Å². The number of amides is 1. The fourth-order valence-corrected chi connectivity index (χ4v) is 4.55. The van der Waals surface area contributed by atoms with E-state index in [2.05, 4.69) is 35.2 Å². The number of hydrogen-bond acceptors (Lipinski definition) is 6. The molecular weight excluding hydrogens is 472 g/mol. The number of hydrogen-bond donors (Lipinski definition) is 2. The second-order valence-electron chi connectivity index (χ2n) is 8.66. The highest BCUT2D eigenvalue weighted by molar-refractivity contribution is 8.00. The van der Waals surface area contributed by atoms with E-state index in [4.69, 9.17) is 0 Å². The highest BCUT2D eigenvalue weighted by atomic mass is 32.2. The van der Waals surface area contributed by atoms with E-state index < -0.39 is 5.97 Å². The number of carbonyl (C=O) groups excluding carboxylic acids is 1. The number of nitrogens with one attached hydrogen (secondary N) is 1. The largest absolute Gasteiger partial charge is 0.478 e. The van der Waals surface area contributed by atoms with E-state index in [0.717, 1.165) is 17.7 Å². The van der Waals surface area contributed by atoms with Crippen LogP contribution in [0.4, 0.5) is 5.69 Å². The van der Waals surface area contributed by atoms with Gasteiger partial charge in [0.15, 0.2) is 0 Å². The normalized spacial score (nSPS) is 10.8. The first-order chi connectivity index (χ1) is 17.3. The number of carboxylic acids is 1. The van der Waals surface area contributed by atoms with Gasteiger partial charge >= 0.3 is 5.97 Å². The van der Waals surface area contributed by atoms with Crippen molar-refractivity contribution < 1.29 is 14.7 Å². The maximum atomic E-state index is 12.5. The number of para-hydroxylation sites is 1. The lowest BCUT2D eigenvalue weighted by Crippen LogP contribution is -2.14. The van der Waals surface area contributed by atoms with E-state index in [-0.39, 0.29) is 17.2 Å².